The molecule has 0 saturated heterocycles. The summed E-state index contributed by atoms with van der Waals surface area (Å²) in [6.07, 6.45) is 1.43. The summed E-state index contributed by atoms with van der Waals surface area (Å²) >= 11 is 0. The maximum Gasteiger partial charge on any atom is 0.407 e. The highest BCUT2D eigenvalue weighted by molar-refractivity contribution is 5.71. The molecule has 28 heavy (non-hydrogen) atoms. The summed E-state index contributed by atoms with van der Waals surface area (Å²) in [5, 5.41) is 13.9. The van der Waals surface area contributed by atoms with Crippen molar-refractivity contribution in [2.45, 2.75) is 44.4 Å². The molecule has 0 bridgehead atoms. The predicted octanol–water partition coefficient (Wildman–Crippen LogP) is 2.46. The molecule has 3 rings (SSSR count). The first kappa shape index (κ1) is 19.8. The van der Waals surface area contributed by atoms with Gasteiger partial charge < -0.3 is 19.9 Å². The molecule has 2 atom stereocenters. The van der Waals surface area contributed by atoms with E-state index in [9.17, 15) is 14.7 Å². The van der Waals surface area contributed by atoms with Crippen LogP contribution in [0.5, 0.6) is 0 Å². The van der Waals surface area contributed by atoms with Crippen molar-refractivity contribution in [1.82, 2.24) is 10.3 Å². The Morgan fingerprint density at radius 3 is 2.75 bits per heavy atom. The monoisotopic (exact) mass is 384 g/mol. The van der Waals surface area contributed by atoms with Gasteiger partial charge in [-0.05, 0) is 30.5 Å². The number of nitrogens with one attached hydrogen (secondary N) is 1. The second-order valence-corrected chi connectivity index (χ2v) is 6.84. The molecule has 1 aromatic heterocycles. The molecule has 0 fully saturated rings. The zero-order valence-corrected chi connectivity index (χ0v) is 15.8. The Morgan fingerprint density at radius 2 is 2.00 bits per heavy atom. The van der Waals surface area contributed by atoms with E-state index in [0.29, 0.717) is 12.1 Å². The van der Waals surface area contributed by atoms with Crippen LogP contribution in [0.2, 0.25) is 0 Å². The van der Waals surface area contributed by atoms with Gasteiger partial charge in [0.2, 0.25) is 0 Å². The van der Waals surface area contributed by atoms with Crippen LogP contribution in [0, 0.1) is 0 Å². The molecule has 1 aromatic carbocycles. The van der Waals surface area contributed by atoms with Crippen LogP contribution in [0.25, 0.3) is 0 Å². The number of pyridine rings is 1. The lowest BCUT2D eigenvalue weighted by atomic mass is 9.78. The molecule has 1 aliphatic rings. The van der Waals surface area contributed by atoms with Gasteiger partial charge in [0, 0.05) is 18.7 Å². The predicted molar refractivity (Wildman–Crippen MR) is 101 cm³/mol. The summed E-state index contributed by atoms with van der Waals surface area (Å²) in [7, 11) is 0. The molecule has 1 amide bonds. The summed E-state index contributed by atoms with van der Waals surface area (Å²) in [6, 6.07) is 12.6. The van der Waals surface area contributed by atoms with E-state index in [1.54, 1.807) is 19.2 Å². The van der Waals surface area contributed by atoms with Crippen molar-refractivity contribution in [1.29, 1.82) is 0 Å². The minimum absolute atomic E-state index is 0.149. The number of ether oxygens (including phenoxy) is 2. The molecular weight excluding hydrogens is 360 g/mol. The van der Waals surface area contributed by atoms with E-state index in [4.69, 9.17) is 9.47 Å². The smallest absolute Gasteiger partial charge is 0.407 e. The third kappa shape index (κ3) is 4.86. The number of hydrogen-bond donors (Lipinski definition) is 2. The van der Waals surface area contributed by atoms with Crippen molar-refractivity contribution in [3.63, 3.8) is 0 Å². The number of alkyl carbamates (subject to hydrolysis) is 1. The lowest BCUT2D eigenvalue weighted by Gasteiger charge is -2.37. The van der Waals surface area contributed by atoms with Crippen molar-refractivity contribution in [2.24, 2.45) is 0 Å². The highest BCUT2D eigenvalue weighted by Gasteiger charge is 2.42. The van der Waals surface area contributed by atoms with Crippen LogP contribution in [0.3, 0.4) is 0 Å². The number of carbonyl (C=O) groups is 2. The third-order valence-corrected chi connectivity index (χ3v) is 4.66. The normalized spacial score (nSPS) is 20.7. The molecule has 0 aliphatic heterocycles. The minimum atomic E-state index is -1.50. The summed E-state index contributed by atoms with van der Waals surface area (Å²) in [6.45, 7) is 2.10. The van der Waals surface area contributed by atoms with Crippen LogP contribution >= 0.6 is 0 Å². The molecule has 7 nitrogen and oxygen atoms in total. The molecule has 2 unspecified atom stereocenters. The van der Waals surface area contributed by atoms with Gasteiger partial charge in [-0.1, -0.05) is 36.4 Å². The first-order valence-electron chi connectivity index (χ1n) is 9.30. The lowest BCUT2D eigenvalue weighted by molar-refractivity contribution is -0.150. The van der Waals surface area contributed by atoms with Crippen LogP contribution in [-0.4, -0.2) is 34.8 Å². The van der Waals surface area contributed by atoms with E-state index < -0.39 is 17.7 Å². The van der Waals surface area contributed by atoms with Gasteiger partial charge in [-0.3, -0.25) is 9.78 Å². The van der Waals surface area contributed by atoms with Crippen LogP contribution in [-0.2, 0) is 32.9 Å². The SMILES string of the molecule is CCOC(=O)CC1(O)CC(NC(=O)OCc2ccccc2)Cc2cccnc21. The second kappa shape index (κ2) is 8.84. The van der Waals surface area contributed by atoms with Crippen molar-refractivity contribution >= 4 is 12.1 Å². The summed E-state index contributed by atoms with van der Waals surface area (Å²) in [4.78, 5) is 28.5. The van der Waals surface area contributed by atoms with Gasteiger partial charge in [0.15, 0.2) is 0 Å². The number of esters is 1. The zero-order valence-electron chi connectivity index (χ0n) is 15.8. The zero-order chi connectivity index (χ0) is 20.0. The number of hydrogen-bond acceptors (Lipinski definition) is 6. The molecule has 2 N–H and O–H groups in total. The number of aromatic nitrogens is 1. The second-order valence-electron chi connectivity index (χ2n) is 6.84. The molecule has 0 spiro atoms. The first-order valence-corrected chi connectivity index (χ1v) is 9.30. The number of fused-ring (bicyclic) bond motifs is 1. The highest BCUT2D eigenvalue weighted by atomic mass is 16.5. The van der Waals surface area contributed by atoms with Crippen molar-refractivity contribution < 1.29 is 24.2 Å². The lowest BCUT2D eigenvalue weighted by Crippen LogP contribution is -2.47. The Bertz CT molecular complexity index is 827. The maximum absolute atomic E-state index is 12.2. The molecule has 1 aliphatic carbocycles. The van der Waals surface area contributed by atoms with Crippen LogP contribution in [0.1, 0.15) is 36.6 Å². The van der Waals surface area contributed by atoms with Gasteiger partial charge in [-0.25, -0.2) is 4.79 Å². The van der Waals surface area contributed by atoms with E-state index in [0.717, 1.165) is 11.1 Å². The van der Waals surface area contributed by atoms with E-state index in [2.05, 4.69) is 10.3 Å². The Balaban J connectivity index is 1.67. The highest BCUT2D eigenvalue weighted by Crippen LogP contribution is 2.37. The van der Waals surface area contributed by atoms with Crippen LogP contribution in [0.15, 0.2) is 48.7 Å². The molecule has 0 saturated carbocycles. The van der Waals surface area contributed by atoms with Crippen molar-refractivity contribution in [3.8, 4) is 0 Å². The molecule has 2 aromatic rings. The Hall–Kier alpha value is -2.93. The van der Waals surface area contributed by atoms with E-state index in [-0.39, 0.29) is 32.1 Å². The fourth-order valence-electron chi connectivity index (χ4n) is 3.50. The van der Waals surface area contributed by atoms with Gasteiger partial charge >= 0.3 is 12.1 Å². The average molecular weight is 384 g/mol. The van der Waals surface area contributed by atoms with E-state index >= 15 is 0 Å². The summed E-state index contributed by atoms with van der Waals surface area (Å²) in [5.41, 5.74) is 0.626. The number of aliphatic hydroxyl groups is 1. The standard InChI is InChI=1S/C21H24N2O5/c1-2-27-18(24)13-21(26)12-17(11-16-9-6-10-22-19(16)21)23-20(25)28-14-15-7-4-3-5-8-15/h3-10,17,26H,2,11-14H2,1H3,(H,23,25). The number of rotatable bonds is 6. The quantitative estimate of drug-likeness (QED) is 0.743. The minimum Gasteiger partial charge on any atom is -0.466 e. The Kier molecular flexibility index (Phi) is 6.26. The topological polar surface area (TPSA) is 97.8 Å². The average Bonchev–Trinajstić information content (AvgIpc) is 2.67. The van der Waals surface area contributed by atoms with Gasteiger partial charge in [0.25, 0.3) is 0 Å². The number of amides is 1. The van der Waals surface area contributed by atoms with Crippen molar-refractivity contribution in [2.75, 3.05) is 6.61 Å². The number of nitrogens with zero attached hydrogens (tertiary/aromatic N) is 1. The number of carbonyl (C=O) groups excluding carboxylic acids is 2. The molecule has 148 valence electrons. The van der Waals surface area contributed by atoms with Gasteiger partial charge in [-0.2, -0.15) is 0 Å². The molecule has 7 heteroatoms. The van der Waals surface area contributed by atoms with Crippen molar-refractivity contribution in [3.05, 3.63) is 65.5 Å². The van der Waals surface area contributed by atoms with E-state index in [1.807, 2.05) is 36.4 Å². The van der Waals surface area contributed by atoms with Gasteiger partial charge in [-0.15, -0.1) is 0 Å². The largest absolute Gasteiger partial charge is 0.466 e. The van der Waals surface area contributed by atoms with Gasteiger partial charge in [0.05, 0.1) is 18.7 Å². The fraction of sp³-hybridized carbons (Fsp3) is 0.381. The summed E-state index contributed by atoms with van der Waals surface area (Å²) in [5.74, 6) is -0.506. The number of benzene rings is 1. The molecule has 0 radical (unpaired) electrons. The maximum atomic E-state index is 12.2. The first-order chi connectivity index (χ1) is 13.5. The van der Waals surface area contributed by atoms with Gasteiger partial charge in [0.1, 0.15) is 12.2 Å². The third-order valence-electron chi connectivity index (χ3n) is 4.66. The van der Waals surface area contributed by atoms with Crippen LogP contribution < -0.4 is 5.32 Å². The van der Waals surface area contributed by atoms with Crippen LogP contribution in [0.4, 0.5) is 4.79 Å². The summed E-state index contributed by atoms with van der Waals surface area (Å²) < 4.78 is 10.3. The fourth-order valence-corrected chi connectivity index (χ4v) is 3.50. The Morgan fingerprint density at radius 1 is 1.21 bits per heavy atom. The molecule has 1 heterocycles. The van der Waals surface area contributed by atoms with E-state index in [1.165, 1.54) is 0 Å². The molecular formula is C21H24N2O5. The Labute approximate surface area is 163 Å².